The Kier molecular flexibility index (Phi) is 7.46. The maximum absolute atomic E-state index is 13.6. The van der Waals surface area contributed by atoms with E-state index in [0.717, 1.165) is 11.1 Å². The lowest BCUT2D eigenvalue weighted by Crippen LogP contribution is -2.26. The van der Waals surface area contributed by atoms with Crippen LogP contribution in [0.15, 0.2) is 66.7 Å². The Labute approximate surface area is 223 Å². The summed E-state index contributed by atoms with van der Waals surface area (Å²) in [5.41, 5.74) is 2.59. The quantitative estimate of drug-likeness (QED) is 0.267. The fourth-order valence-corrected chi connectivity index (χ4v) is 4.65. The molecule has 4 rings (SSSR count). The van der Waals surface area contributed by atoms with Crippen molar-refractivity contribution in [2.45, 2.75) is 40.0 Å². The zero-order valence-corrected chi connectivity index (χ0v) is 21.9. The van der Waals surface area contributed by atoms with Crippen LogP contribution in [0.3, 0.4) is 0 Å². The first-order valence-corrected chi connectivity index (χ1v) is 12.2. The van der Waals surface area contributed by atoms with Crippen molar-refractivity contribution in [3.05, 3.63) is 94.7 Å². The van der Waals surface area contributed by atoms with Crippen LogP contribution in [0.1, 0.15) is 46.6 Å². The number of methoxy groups -OCH3 is 1. The average Bonchev–Trinajstić information content (AvgIpc) is 3.14. The summed E-state index contributed by atoms with van der Waals surface area (Å²) in [4.78, 5) is 25.4. The van der Waals surface area contributed by atoms with Gasteiger partial charge in [0.25, 0.3) is 5.91 Å². The number of ether oxygens (including phenoxy) is 2. The molecule has 0 spiro atoms. The van der Waals surface area contributed by atoms with E-state index in [-0.39, 0.29) is 18.7 Å². The Bertz CT molecular complexity index is 1530. The summed E-state index contributed by atoms with van der Waals surface area (Å²) >= 11 is 0. The molecule has 0 fully saturated rings. The number of hydrogen-bond acceptors (Lipinski definition) is 4. The van der Waals surface area contributed by atoms with Gasteiger partial charge in [0, 0.05) is 23.1 Å². The average molecular weight is 540 g/mol. The molecule has 0 aliphatic carbocycles. The van der Waals surface area contributed by atoms with Crippen molar-refractivity contribution < 1.29 is 37.3 Å². The van der Waals surface area contributed by atoms with E-state index in [4.69, 9.17) is 4.74 Å². The zero-order valence-electron chi connectivity index (χ0n) is 21.9. The molecule has 0 atom stereocenters. The minimum absolute atomic E-state index is 0.253. The van der Waals surface area contributed by atoms with E-state index < -0.39 is 23.5 Å². The van der Waals surface area contributed by atoms with Crippen LogP contribution in [0.25, 0.3) is 10.9 Å². The van der Waals surface area contributed by atoms with Gasteiger partial charge in [0.1, 0.15) is 11.5 Å². The Morgan fingerprint density at radius 1 is 0.923 bits per heavy atom. The van der Waals surface area contributed by atoms with Gasteiger partial charge in [-0.1, -0.05) is 24.3 Å². The molecule has 0 unspecified atom stereocenters. The van der Waals surface area contributed by atoms with Crippen LogP contribution in [0.4, 0.5) is 13.2 Å². The zero-order chi connectivity index (χ0) is 28.5. The summed E-state index contributed by atoms with van der Waals surface area (Å²) < 4.78 is 49.9. The minimum Gasteiger partial charge on any atom is -0.497 e. The largest absolute Gasteiger partial charge is 0.573 e. The van der Waals surface area contributed by atoms with Crippen LogP contribution >= 0.6 is 0 Å². The van der Waals surface area contributed by atoms with Crippen molar-refractivity contribution in [3.63, 3.8) is 0 Å². The molecule has 1 heterocycles. The number of halogens is 3. The molecular weight excluding hydrogens is 511 g/mol. The lowest BCUT2D eigenvalue weighted by molar-refractivity contribution is -0.274. The van der Waals surface area contributed by atoms with Crippen molar-refractivity contribution in [2.24, 2.45) is 5.41 Å². The summed E-state index contributed by atoms with van der Waals surface area (Å²) in [7, 11) is 1.52. The normalized spacial score (nSPS) is 12.0. The molecule has 1 aromatic heterocycles. The molecule has 0 aliphatic rings. The molecule has 0 bridgehead atoms. The number of carboxylic acids is 1. The number of rotatable bonds is 8. The molecule has 9 heteroatoms. The molecule has 1 N–H and O–H groups in total. The molecule has 0 saturated heterocycles. The number of aliphatic carboxylic acids is 1. The third-order valence-electron chi connectivity index (χ3n) is 6.78. The van der Waals surface area contributed by atoms with E-state index in [9.17, 15) is 27.9 Å². The van der Waals surface area contributed by atoms with E-state index in [0.29, 0.717) is 33.5 Å². The minimum atomic E-state index is -4.88. The number of carbonyl (C=O) groups is 2. The third-order valence-corrected chi connectivity index (χ3v) is 6.78. The van der Waals surface area contributed by atoms with E-state index in [2.05, 4.69) is 4.74 Å². The summed E-state index contributed by atoms with van der Waals surface area (Å²) in [5.74, 6) is -1.11. The van der Waals surface area contributed by atoms with E-state index in [1.807, 2.05) is 24.3 Å². The second-order valence-electron chi connectivity index (χ2n) is 9.97. The van der Waals surface area contributed by atoms with Gasteiger partial charge in [-0.3, -0.25) is 14.2 Å². The van der Waals surface area contributed by atoms with Gasteiger partial charge in [-0.25, -0.2) is 0 Å². The highest BCUT2D eigenvalue weighted by molar-refractivity contribution is 6.04. The lowest BCUT2D eigenvalue weighted by atomic mass is 9.83. The fourth-order valence-electron chi connectivity index (χ4n) is 4.65. The summed E-state index contributed by atoms with van der Waals surface area (Å²) in [6.07, 6.45) is -4.35. The van der Waals surface area contributed by atoms with Crippen LogP contribution in [0, 0.1) is 12.3 Å². The Balaban J connectivity index is 1.86. The molecule has 0 radical (unpaired) electrons. The van der Waals surface area contributed by atoms with Gasteiger partial charge in [0.05, 0.1) is 18.0 Å². The first-order chi connectivity index (χ1) is 18.3. The van der Waals surface area contributed by atoms with E-state index in [1.54, 1.807) is 45.0 Å². The predicted molar refractivity (Wildman–Crippen MR) is 140 cm³/mol. The second-order valence-corrected chi connectivity index (χ2v) is 9.97. The van der Waals surface area contributed by atoms with E-state index >= 15 is 0 Å². The number of nitrogens with zero attached hydrogens (tertiary/aromatic N) is 1. The molecular formula is C30H28F3NO5. The molecule has 39 heavy (non-hydrogen) atoms. The van der Waals surface area contributed by atoms with Crippen LogP contribution in [-0.4, -0.2) is 35.0 Å². The summed E-state index contributed by atoms with van der Waals surface area (Å²) in [5, 5.41) is 10.1. The molecule has 0 saturated carbocycles. The standard InChI is InChI=1S/C30H28F3NO5/c1-18-24(15-20-7-5-6-8-21(20)17-29(2,3)28(36)37)25-16-23(39-30(31,32)33)13-14-26(25)34(18)27(35)19-9-11-22(38-4)12-10-19/h5-14,16H,15,17H2,1-4H3,(H,36,37). The SMILES string of the molecule is COc1ccc(C(=O)n2c(C)c(Cc3ccccc3CC(C)(C)C(=O)O)c3cc(OC(F)(F)F)ccc32)cc1. The van der Waals surface area contributed by atoms with Gasteiger partial charge < -0.3 is 14.6 Å². The number of benzene rings is 3. The molecule has 3 aromatic carbocycles. The predicted octanol–water partition coefficient (Wildman–Crippen LogP) is 6.79. The van der Waals surface area contributed by atoms with Crippen LogP contribution in [0.5, 0.6) is 11.5 Å². The van der Waals surface area contributed by atoms with Crippen LogP contribution in [0.2, 0.25) is 0 Å². The topological polar surface area (TPSA) is 77.8 Å². The molecule has 6 nitrogen and oxygen atoms in total. The lowest BCUT2D eigenvalue weighted by Gasteiger charge is -2.21. The number of alkyl halides is 3. The Hall–Kier alpha value is -4.27. The van der Waals surface area contributed by atoms with Crippen molar-refractivity contribution in [1.82, 2.24) is 4.57 Å². The van der Waals surface area contributed by atoms with Crippen molar-refractivity contribution in [3.8, 4) is 11.5 Å². The van der Waals surface area contributed by atoms with Gasteiger partial charge in [-0.05, 0) is 86.3 Å². The van der Waals surface area contributed by atoms with Crippen molar-refractivity contribution in [1.29, 1.82) is 0 Å². The monoisotopic (exact) mass is 539 g/mol. The van der Waals surface area contributed by atoms with Crippen LogP contribution < -0.4 is 9.47 Å². The Morgan fingerprint density at radius 3 is 2.13 bits per heavy atom. The summed E-state index contributed by atoms with van der Waals surface area (Å²) in [6.45, 7) is 5.01. The second kappa shape index (κ2) is 10.5. The Morgan fingerprint density at radius 2 is 1.54 bits per heavy atom. The molecule has 204 valence electrons. The molecule has 0 amide bonds. The van der Waals surface area contributed by atoms with Gasteiger partial charge in [-0.15, -0.1) is 13.2 Å². The van der Waals surface area contributed by atoms with Gasteiger partial charge in [0.2, 0.25) is 0 Å². The van der Waals surface area contributed by atoms with Crippen molar-refractivity contribution in [2.75, 3.05) is 7.11 Å². The van der Waals surface area contributed by atoms with Crippen molar-refractivity contribution >= 4 is 22.8 Å². The van der Waals surface area contributed by atoms with E-state index in [1.165, 1.54) is 29.9 Å². The number of carbonyl (C=O) groups excluding carboxylic acids is 1. The smallest absolute Gasteiger partial charge is 0.497 e. The molecule has 0 aliphatic heterocycles. The van der Waals surface area contributed by atoms with Gasteiger partial charge in [0.15, 0.2) is 0 Å². The summed E-state index contributed by atoms with van der Waals surface area (Å²) in [6, 6.07) is 17.8. The third kappa shape index (κ3) is 5.92. The maximum Gasteiger partial charge on any atom is 0.573 e. The highest BCUT2D eigenvalue weighted by Gasteiger charge is 2.32. The highest BCUT2D eigenvalue weighted by Crippen LogP contribution is 2.35. The number of fused-ring (bicyclic) bond motifs is 1. The fraction of sp³-hybridized carbons (Fsp3) is 0.267. The first kappa shape index (κ1) is 27.8. The maximum atomic E-state index is 13.6. The first-order valence-electron chi connectivity index (χ1n) is 12.2. The molecule has 4 aromatic rings. The number of carboxylic acid groups (broad SMARTS) is 1. The number of aromatic nitrogens is 1. The van der Waals surface area contributed by atoms with Crippen LogP contribution in [-0.2, 0) is 17.6 Å². The highest BCUT2D eigenvalue weighted by atomic mass is 19.4. The van der Waals surface area contributed by atoms with Gasteiger partial charge >= 0.3 is 12.3 Å². The van der Waals surface area contributed by atoms with Gasteiger partial charge in [-0.2, -0.15) is 0 Å². The number of hydrogen-bond donors (Lipinski definition) is 1.